The predicted octanol–water partition coefficient (Wildman–Crippen LogP) is 3.95. The summed E-state index contributed by atoms with van der Waals surface area (Å²) in [6.07, 6.45) is 0.707. The second-order valence-electron chi connectivity index (χ2n) is 7.29. The average molecular weight is 469 g/mol. The van der Waals surface area contributed by atoms with Crippen LogP contribution in [-0.4, -0.2) is 34.1 Å². The van der Waals surface area contributed by atoms with E-state index in [4.69, 9.17) is 14.2 Å². The molecule has 4 rings (SSSR count). The summed E-state index contributed by atoms with van der Waals surface area (Å²) in [7, 11) is -3.79. The molecule has 9 heteroatoms. The molecule has 8 nitrogen and oxygen atoms in total. The van der Waals surface area contributed by atoms with E-state index in [1.165, 1.54) is 12.1 Å². The molecule has 0 aliphatic carbocycles. The highest BCUT2D eigenvalue weighted by Crippen LogP contribution is 2.31. The maximum atomic E-state index is 12.6. The Morgan fingerprint density at radius 1 is 0.879 bits per heavy atom. The molecule has 0 radical (unpaired) electrons. The largest absolute Gasteiger partial charge is 0.490 e. The van der Waals surface area contributed by atoms with Crippen molar-refractivity contribution in [3.8, 4) is 23.0 Å². The van der Waals surface area contributed by atoms with Gasteiger partial charge in [-0.15, -0.1) is 0 Å². The zero-order chi connectivity index (χ0) is 23.1. The van der Waals surface area contributed by atoms with E-state index in [9.17, 15) is 13.2 Å². The standard InChI is InChI=1S/C24H24N2O6S/c27-24(26-18-7-9-20(10-8-18)32-19-5-2-1-3-6-19)13-14-25-33(28,29)21-11-12-22-23(17-21)31-16-4-15-30-22/h1-3,5-12,17,25H,4,13-16H2,(H,26,27). The molecular formula is C24H24N2O6S. The minimum absolute atomic E-state index is 0.0218. The number of carbonyl (C=O) groups excluding carboxylic acids is 1. The van der Waals surface area contributed by atoms with E-state index in [0.717, 1.165) is 12.2 Å². The van der Waals surface area contributed by atoms with Gasteiger partial charge in [-0.3, -0.25) is 4.79 Å². The number of hydrogen-bond acceptors (Lipinski definition) is 6. The van der Waals surface area contributed by atoms with Crippen LogP contribution in [-0.2, 0) is 14.8 Å². The lowest BCUT2D eigenvalue weighted by Crippen LogP contribution is -2.27. The van der Waals surface area contributed by atoms with Gasteiger partial charge in [-0.1, -0.05) is 18.2 Å². The Hall–Kier alpha value is -3.56. The Kier molecular flexibility index (Phi) is 7.11. The molecule has 3 aromatic rings. The monoisotopic (exact) mass is 468 g/mol. The first-order valence-electron chi connectivity index (χ1n) is 10.5. The van der Waals surface area contributed by atoms with Gasteiger partial charge in [0.2, 0.25) is 15.9 Å². The van der Waals surface area contributed by atoms with Gasteiger partial charge in [0.25, 0.3) is 0 Å². The molecule has 0 spiro atoms. The number of nitrogens with one attached hydrogen (secondary N) is 2. The van der Waals surface area contributed by atoms with Crippen molar-refractivity contribution in [2.24, 2.45) is 0 Å². The van der Waals surface area contributed by atoms with E-state index in [2.05, 4.69) is 10.0 Å². The lowest BCUT2D eigenvalue weighted by Gasteiger charge is -2.11. The summed E-state index contributed by atoms with van der Waals surface area (Å²) in [5.41, 5.74) is 0.589. The normalized spacial score (nSPS) is 13.1. The van der Waals surface area contributed by atoms with Crippen molar-refractivity contribution in [3.63, 3.8) is 0 Å². The van der Waals surface area contributed by atoms with Gasteiger partial charge >= 0.3 is 0 Å². The number of benzene rings is 3. The number of para-hydroxylation sites is 1. The van der Waals surface area contributed by atoms with Crippen LogP contribution in [0.15, 0.2) is 77.7 Å². The number of ether oxygens (including phenoxy) is 3. The van der Waals surface area contributed by atoms with Crippen molar-refractivity contribution in [1.82, 2.24) is 4.72 Å². The van der Waals surface area contributed by atoms with Crippen LogP contribution >= 0.6 is 0 Å². The summed E-state index contributed by atoms with van der Waals surface area (Å²) in [6, 6.07) is 20.8. The predicted molar refractivity (Wildman–Crippen MR) is 123 cm³/mol. The molecule has 0 fully saturated rings. The third kappa shape index (κ3) is 6.24. The summed E-state index contributed by atoms with van der Waals surface area (Å²) >= 11 is 0. The van der Waals surface area contributed by atoms with Crippen LogP contribution in [0.1, 0.15) is 12.8 Å². The number of anilines is 1. The van der Waals surface area contributed by atoms with E-state index in [1.54, 1.807) is 30.3 Å². The molecule has 1 aliphatic rings. The van der Waals surface area contributed by atoms with Crippen molar-refractivity contribution in [3.05, 3.63) is 72.8 Å². The van der Waals surface area contributed by atoms with Crippen LogP contribution in [0.5, 0.6) is 23.0 Å². The third-order valence-electron chi connectivity index (χ3n) is 4.79. The molecule has 1 amide bonds. The molecule has 0 aromatic heterocycles. The van der Waals surface area contributed by atoms with Crippen LogP contribution in [0.25, 0.3) is 0 Å². The Balaban J connectivity index is 1.27. The van der Waals surface area contributed by atoms with E-state index >= 15 is 0 Å². The summed E-state index contributed by atoms with van der Waals surface area (Å²) in [5.74, 6) is 1.96. The first-order chi connectivity index (χ1) is 16.0. The van der Waals surface area contributed by atoms with Gasteiger partial charge in [0, 0.05) is 31.1 Å². The van der Waals surface area contributed by atoms with Crippen molar-refractivity contribution in [2.75, 3.05) is 25.1 Å². The molecule has 0 saturated heterocycles. The molecule has 3 aromatic carbocycles. The van der Waals surface area contributed by atoms with Gasteiger partial charge in [-0.05, 0) is 48.5 Å². The van der Waals surface area contributed by atoms with Gasteiger partial charge in [0.15, 0.2) is 11.5 Å². The van der Waals surface area contributed by atoms with Crippen molar-refractivity contribution in [1.29, 1.82) is 0 Å². The highest BCUT2D eigenvalue weighted by Gasteiger charge is 2.19. The highest BCUT2D eigenvalue weighted by molar-refractivity contribution is 7.89. The number of sulfonamides is 1. The molecule has 33 heavy (non-hydrogen) atoms. The molecule has 0 atom stereocenters. The number of carbonyl (C=O) groups is 1. The second kappa shape index (κ2) is 10.4. The molecule has 0 unspecified atom stereocenters. The topological polar surface area (TPSA) is 103 Å². The summed E-state index contributed by atoms with van der Waals surface area (Å²) in [4.78, 5) is 12.3. The first kappa shape index (κ1) is 22.6. The molecule has 0 saturated carbocycles. The van der Waals surface area contributed by atoms with Gasteiger partial charge in [0.1, 0.15) is 11.5 Å². The van der Waals surface area contributed by atoms with Crippen LogP contribution < -0.4 is 24.2 Å². The van der Waals surface area contributed by atoms with Crippen molar-refractivity contribution >= 4 is 21.6 Å². The van der Waals surface area contributed by atoms with Crippen LogP contribution in [0, 0.1) is 0 Å². The van der Waals surface area contributed by atoms with Gasteiger partial charge in [-0.2, -0.15) is 0 Å². The molecule has 172 valence electrons. The SMILES string of the molecule is O=C(CCNS(=O)(=O)c1ccc2c(c1)OCCCO2)Nc1ccc(Oc2ccccc2)cc1. The van der Waals surface area contributed by atoms with E-state index in [-0.39, 0.29) is 23.8 Å². The van der Waals surface area contributed by atoms with E-state index in [0.29, 0.717) is 36.1 Å². The lowest BCUT2D eigenvalue weighted by molar-refractivity contribution is -0.116. The second-order valence-corrected chi connectivity index (χ2v) is 9.06. The minimum atomic E-state index is -3.79. The Bertz CT molecular complexity index is 1200. The van der Waals surface area contributed by atoms with E-state index in [1.807, 2.05) is 30.3 Å². The average Bonchev–Trinajstić information content (AvgIpc) is 3.06. The maximum absolute atomic E-state index is 12.6. The summed E-state index contributed by atoms with van der Waals surface area (Å²) < 4.78 is 44.4. The number of fused-ring (bicyclic) bond motifs is 1. The zero-order valence-corrected chi connectivity index (χ0v) is 18.6. The van der Waals surface area contributed by atoms with Crippen molar-refractivity contribution in [2.45, 2.75) is 17.7 Å². The molecule has 2 N–H and O–H groups in total. The fraction of sp³-hybridized carbons (Fsp3) is 0.208. The van der Waals surface area contributed by atoms with E-state index < -0.39 is 10.0 Å². The Morgan fingerprint density at radius 3 is 2.33 bits per heavy atom. The summed E-state index contributed by atoms with van der Waals surface area (Å²) in [5, 5.41) is 2.74. The number of rotatable bonds is 8. The smallest absolute Gasteiger partial charge is 0.240 e. The Morgan fingerprint density at radius 2 is 1.58 bits per heavy atom. The first-order valence-corrected chi connectivity index (χ1v) is 12.0. The van der Waals surface area contributed by atoms with Crippen LogP contribution in [0.4, 0.5) is 5.69 Å². The molecule has 1 heterocycles. The summed E-state index contributed by atoms with van der Waals surface area (Å²) in [6.45, 7) is 0.941. The fourth-order valence-electron chi connectivity index (χ4n) is 3.15. The van der Waals surface area contributed by atoms with Gasteiger partial charge < -0.3 is 19.5 Å². The third-order valence-corrected chi connectivity index (χ3v) is 6.25. The minimum Gasteiger partial charge on any atom is -0.490 e. The van der Waals surface area contributed by atoms with Gasteiger partial charge in [0.05, 0.1) is 18.1 Å². The number of amides is 1. The number of hydrogen-bond donors (Lipinski definition) is 2. The molecular weight excluding hydrogens is 444 g/mol. The lowest BCUT2D eigenvalue weighted by atomic mass is 10.3. The zero-order valence-electron chi connectivity index (χ0n) is 17.8. The fourth-order valence-corrected chi connectivity index (χ4v) is 4.19. The quantitative estimate of drug-likeness (QED) is 0.519. The Labute approximate surface area is 192 Å². The molecule has 0 bridgehead atoms. The van der Waals surface area contributed by atoms with Crippen LogP contribution in [0.3, 0.4) is 0 Å². The highest BCUT2D eigenvalue weighted by atomic mass is 32.2. The van der Waals surface area contributed by atoms with Crippen molar-refractivity contribution < 1.29 is 27.4 Å². The maximum Gasteiger partial charge on any atom is 0.240 e. The molecule has 1 aliphatic heterocycles. The van der Waals surface area contributed by atoms with Crippen LogP contribution in [0.2, 0.25) is 0 Å². The van der Waals surface area contributed by atoms with Gasteiger partial charge in [-0.25, -0.2) is 13.1 Å².